The highest BCUT2D eigenvalue weighted by Gasteiger charge is 2.29. The van der Waals surface area contributed by atoms with Crippen molar-refractivity contribution in [1.29, 1.82) is 0 Å². The number of carboxylic acid groups (broad SMARTS) is 1. The average molecular weight is 286 g/mol. The van der Waals surface area contributed by atoms with Crippen molar-refractivity contribution in [2.24, 2.45) is 5.73 Å². The summed E-state index contributed by atoms with van der Waals surface area (Å²) >= 11 is 0. The minimum atomic E-state index is -1.28. The second kappa shape index (κ2) is 7.09. The molecule has 0 bridgehead atoms. The Kier molecular flexibility index (Phi) is 5.75. The van der Waals surface area contributed by atoms with Gasteiger partial charge in [0.25, 0.3) is 0 Å². The number of carboxylic acids is 1. The molecule has 2 atom stereocenters. The van der Waals surface area contributed by atoms with Crippen LogP contribution < -0.4 is 11.1 Å². The molecule has 1 saturated heterocycles. The van der Waals surface area contributed by atoms with Crippen molar-refractivity contribution in [3.8, 4) is 0 Å². The lowest BCUT2D eigenvalue weighted by molar-refractivity contribution is -0.141. The van der Waals surface area contributed by atoms with Crippen LogP contribution in [-0.4, -0.2) is 71.6 Å². The predicted octanol–water partition coefficient (Wildman–Crippen LogP) is -0.949. The summed E-state index contributed by atoms with van der Waals surface area (Å²) in [5.41, 5.74) is 4.97. The molecule has 1 aliphatic rings. The van der Waals surface area contributed by atoms with Crippen molar-refractivity contribution in [2.45, 2.75) is 31.8 Å². The molecule has 1 rings (SSSR count). The predicted molar refractivity (Wildman–Crippen MR) is 72.0 cm³/mol. The van der Waals surface area contributed by atoms with E-state index in [1.807, 2.05) is 14.0 Å². The third-order valence-corrected chi connectivity index (χ3v) is 3.54. The number of nitrogens with two attached hydrogens (primary N) is 1. The van der Waals surface area contributed by atoms with E-state index in [1.165, 1.54) is 0 Å². The molecule has 0 aromatic rings. The zero-order valence-corrected chi connectivity index (χ0v) is 11.8. The van der Waals surface area contributed by atoms with Gasteiger partial charge in [0.1, 0.15) is 6.04 Å². The molecule has 0 spiro atoms. The summed E-state index contributed by atoms with van der Waals surface area (Å²) in [6, 6.07) is -1.49. The number of likely N-dealkylation sites (N-methyl/N-ethyl adjacent to an activating group) is 1. The molecule has 3 amide bonds. The van der Waals surface area contributed by atoms with Crippen LogP contribution >= 0.6 is 0 Å². The van der Waals surface area contributed by atoms with E-state index in [9.17, 15) is 14.4 Å². The number of urea groups is 1. The molecule has 1 fully saturated rings. The SMILES string of the molecule is CCC1CN(C(=O)NC(CC(N)=O)C(=O)O)CCN1C. The minimum Gasteiger partial charge on any atom is -0.480 e. The van der Waals surface area contributed by atoms with E-state index in [1.54, 1.807) is 4.90 Å². The van der Waals surface area contributed by atoms with E-state index in [2.05, 4.69) is 10.2 Å². The molecule has 1 heterocycles. The van der Waals surface area contributed by atoms with Crippen LogP contribution in [0.5, 0.6) is 0 Å². The van der Waals surface area contributed by atoms with Gasteiger partial charge in [-0.1, -0.05) is 6.92 Å². The van der Waals surface area contributed by atoms with Gasteiger partial charge in [-0.25, -0.2) is 9.59 Å². The average Bonchev–Trinajstić information content (AvgIpc) is 2.37. The van der Waals surface area contributed by atoms with E-state index in [0.717, 1.165) is 13.0 Å². The maximum Gasteiger partial charge on any atom is 0.326 e. The van der Waals surface area contributed by atoms with Gasteiger partial charge in [0.15, 0.2) is 0 Å². The van der Waals surface area contributed by atoms with Gasteiger partial charge in [-0.2, -0.15) is 0 Å². The standard InChI is InChI=1S/C12H22N4O4/c1-3-8-7-16(5-4-15(8)2)12(20)14-9(11(18)19)6-10(13)17/h8-9H,3-7H2,1-2H3,(H2,13,17)(H,14,20)(H,18,19). The summed E-state index contributed by atoms with van der Waals surface area (Å²) in [5, 5.41) is 11.3. The maximum atomic E-state index is 12.0. The first-order valence-electron chi connectivity index (χ1n) is 6.62. The summed E-state index contributed by atoms with van der Waals surface area (Å²) in [6.45, 7) is 3.85. The number of amides is 3. The molecule has 0 aromatic heterocycles. The van der Waals surface area contributed by atoms with Crippen LogP contribution in [0.4, 0.5) is 4.79 Å². The summed E-state index contributed by atoms with van der Waals surface area (Å²) in [7, 11) is 2.00. The smallest absolute Gasteiger partial charge is 0.326 e. The molecule has 8 heteroatoms. The number of aliphatic carboxylic acids is 1. The number of nitrogens with zero attached hydrogens (tertiary/aromatic N) is 2. The second-order valence-corrected chi connectivity index (χ2v) is 5.00. The van der Waals surface area contributed by atoms with Crippen LogP contribution in [0.25, 0.3) is 0 Å². The molecular formula is C12H22N4O4. The molecule has 4 N–H and O–H groups in total. The first-order valence-corrected chi connectivity index (χ1v) is 6.62. The van der Waals surface area contributed by atoms with Crippen LogP contribution in [0.3, 0.4) is 0 Å². The molecule has 20 heavy (non-hydrogen) atoms. The summed E-state index contributed by atoms with van der Waals surface area (Å²) in [6.07, 6.45) is 0.496. The Labute approximate surface area is 117 Å². The fourth-order valence-electron chi connectivity index (χ4n) is 2.21. The summed E-state index contributed by atoms with van der Waals surface area (Å²) in [4.78, 5) is 37.6. The van der Waals surface area contributed by atoms with E-state index >= 15 is 0 Å². The number of carbonyl (C=O) groups excluding carboxylic acids is 2. The van der Waals surface area contributed by atoms with Crippen molar-refractivity contribution in [3.63, 3.8) is 0 Å². The van der Waals surface area contributed by atoms with Gasteiger partial charge in [0, 0.05) is 25.7 Å². The molecule has 0 radical (unpaired) electrons. The Morgan fingerprint density at radius 2 is 2.05 bits per heavy atom. The fourth-order valence-corrected chi connectivity index (χ4v) is 2.21. The number of hydrogen-bond acceptors (Lipinski definition) is 4. The molecule has 8 nitrogen and oxygen atoms in total. The lowest BCUT2D eigenvalue weighted by atomic mass is 10.1. The fraction of sp³-hybridized carbons (Fsp3) is 0.750. The minimum absolute atomic E-state index is 0.258. The summed E-state index contributed by atoms with van der Waals surface area (Å²) in [5.74, 6) is -2.03. The van der Waals surface area contributed by atoms with Crippen molar-refractivity contribution in [2.75, 3.05) is 26.7 Å². The first-order chi connectivity index (χ1) is 9.35. The van der Waals surface area contributed by atoms with Gasteiger partial charge in [0.2, 0.25) is 5.91 Å². The van der Waals surface area contributed by atoms with Crippen LogP contribution in [0.2, 0.25) is 0 Å². The van der Waals surface area contributed by atoms with Crippen molar-refractivity contribution < 1.29 is 19.5 Å². The van der Waals surface area contributed by atoms with E-state index in [0.29, 0.717) is 13.1 Å². The van der Waals surface area contributed by atoms with Gasteiger partial charge in [-0.3, -0.25) is 9.69 Å². The normalized spacial score (nSPS) is 21.3. The van der Waals surface area contributed by atoms with Crippen LogP contribution in [0.15, 0.2) is 0 Å². The van der Waals surface area contributed by atoms with Crippen molar-refractivity contribution in [3.05, 3.63) is 0 Å². The third kappa shape index (κ3) is 4.37. The maximum absolute atomic E-state index is 12.0. The van der Waals surface area contributed by atoms with Crippen LogP contribution in [0, 0.1) is 0 Å². The summed E-state index contributed by atoms with van der Waals surface area (Å²) < 4.78 is 0. The molecule has 2 unspecified atom stereocenters. The lowest BCUT2D eigenvalue weighted by Crippen LogP contribution is -2.57. The quantitative estimate of drug-likeness (QED) is 0.602. The van der Waals surface area contributed by atoms with Crippen molar-refractivity contribution in [1.82, 2.24) is 15.1 Å². The monoisotopic (exact) mass is 286 g/mol. The van der Waals surface area contributed by atoms with E-state index in [4.69, 9.17) is 10.8 Å². The second-order valence-electron chi connectivity index (χ2n) is 5.00. The van der Waals surface area contributed by atoms with Crippen LogP contribution in [-0.2, 0) is 9.59 Å². The molecule has 0 aliphatic carbocycles. The zero-order chi connectivity index (χ0) is 15.3. The van der Waals surface area contributed by atoms with Gasteiger partial charge in [0.05, 0.1) is 6.42 Å². The Hall–Kier alpha value is -1.83. The van der Waals surface area contributed by atoms with Gasteiger partial charge >= 0.3 is 12.0 Å². The Bertz CT molecular complexity index is 388. The van der Waals surface area contributed by atoms with E-state index < -0.39 is 30.4 Å². The first kappa shape index (κ1) is 16.2. The highest BCUT2D eigenvalue weighted by Crippen LogP contribution is 2.11. The molecule has 0 aromatic carbocycles. The number of rotatable bonds is 5. The highest BCUT2D eigenvalue weighted by atomic mass is 16.4. The number of hydrogen-bond donors (Lipinski definition) is 3. The third-order valence-electron chi connectivity index (χ3n) is 3.54. The Morgan fingerprint density at radius 1 is 1.40 bits per heavy atom. The highest BCUT2D eigenvalue weighted by molar-refractivity contribution is 5.87. The van der Waals surface area contributed by atoms with Crippen LogP contribution in [0.1, 0.15) is 19.8 Å². The molecular weight excluding hydrogens is 264 g/mol. The lowest BCUT2D eigenvalue weighted by Gasteiger charge is -2.39. The van der Waals surface area contributed by atoms with Crippen molar-refractivity contribution >= 4 is 17.9 Å². The largest absolute Gasteiger partial charge is 0.480 e. The number of piperazine rings is 1. The van der Waals surface area contributed by atoms with Gasteiger partial charge in [-0.05, 0) is 13.5 Å². The topological polar surface area (TPSA) is 116 Å². The Balaban J connectivity index is 2.60. The van der Waals surface area contributed by atoms with Gasteiger partial charge < -0.3 is 21.1 Å². The number of carbonyl (C=O) groups is 3. The van der Waals surface area contributed by atoms with Gasteiger partial charge in [-0.15, -0.1) is 0 Å². The van der Waals surface area contributed by atoms with E-state index in [-0.39, 0.29) is 6.04 Å². The number of nitrogens with one attached hydrogen (secondary N) is 1. The molecule has 114 valence electrons. The molecule has 1 aliphatic heterocycles. The zero-order valence-electron chi connectivity index (χ0n) is 11.8. The molecule has 0 saturated carbocycles. The number of primary amides is 1. The Morgan fingerprint density at radius 3 is 2.55 bits per heavy atom.